The van der Waals surface area contributed by atoms with E-state index in [1.54, 1.807) is 12.1 Å². The molecule has 25 heavy (non-hydrogen) atoms. The minimum atomic E-state index is -0.267. The van der Waals surface area contributed by atoms with Gasteiger partial charge < -0.3 is 9.73 Å². The van der Waals surface area contributed by atoms with Crippen molar-refractivity contribution in [3.05, 3.63) is 77.0 Å². The van der Waals surface area contributed by atoms with Crippen molar-refractivity contribution < 1.29 is 9.21 Å². The molecule has 0 aliphatic carbocycles. The highest BCUT2D eigenvalue weighted by Gasteiger charge is 2.16. The van der Waals surface area contributed by atoms with Gasteiger partial charge in [-0.05, 0) is 36.8 Å². The van der Waals surface area contributed by atoms with Gasteiger partial charge in [0.15, 0.2) is 5.76 Å². The van der Waals surface area contributed by atoms with Gasteiger partial charge in [-0.3, -0.25) is 4.79 Å². The molecule has 124 valence electrons. The first kappa shape index (κ1) is 15.7. The van der Waals surface area contributed by atoms with Crippen LogP contribution in [0.2, 0.25) is 5.02 Å². The maximum atomic E-state index is 12.5. The summed E-state index contributed by atoms with van der Waals surface area (Å²) in [5.74, 6) is -0.0249. The van der Waals surface area contributed by atoms with Crippen molar-refractivity contribution in [3.8, 4) is 0 Å². The summed E-state index contributed by atoms with van der Waals surface area (Å²) in [6, 6.07) is 18.8. The van der Waals surface area contributed by atoms with Crippen LogP contribution < -0.4 is 5.32 Å². The Morgan fingerprint density at radius 3 is 2.68 bits per heavy atom. The normalized spacial score (nSPS) is 12.4. The fraction of sp³-hybridized carbons (Fsp3) is 0.100. The van der Waals surface area contributed by atoms with E-state index in [-0.39, 0.29) is 17.7 Å². The van der Waals surface area contributed by atoms with E-state index in [9.17, 15) is 4.79 Å². The number of benzene rings is 2. The van der Waals surface area contributed by atoms with Crippen LogP contribution in [0.1, 0.15) is 29.1 Å². The summed E-state index contributed by atoms with van der Waals surface area (Å²) >= 11 is 6.01. The van der Waals surface area contributed by atoms with Crippen LogP contribution in [0.25, 0.3) is 22.0 Å². The number of carbonyl (C=O) groups excluding carboxylic acids is 1. The number of halogens is 1. The summed E-state index contributed by atoms with van der Waals surface area (Å²) < 4.78 is 5.65. The van der Waals surface area contributed by atoms with Gasteiger partial charge in [0.1, 0.15) is 0 Å². The summed E-state index contributed by atoms with van der Waals surface area (Å²) in [5, 5.41) is 5.29. The average molecular weight is 351 g/mol. The lowest BCUT2D eigenvalue weighted by Crippen LogP contribution is -2.26. The van der Waals surface area contributed by atoms with Crippen LogP contribution in [0, 0.1) is 0 Å². The first-order chi connectivity index (χ1) is 12.1. The predicted octanol–water partition coefficient (Wildman–Crippen LogP) is 5.13. The van der Waals surface area contributed by atoms with E-state index >= 15 is 0 Å². The number of hydrogen-bond donors (Lipinski definition) is 1. The fourth-order valence-corrected chi connectivity index (χ4v) is 2.97. The van der Waals surface area contributed by atoms with Crippen molar-refractivity contribution >= 4 is 39.5 Å². The van der Waals surface area contributed by atoms with Crippen molar-refractivity contribution in [1.29, 1.82) is 0 Å². The lowest BCUT2D eigenvalue weighted by Gasteiger charge is -2.12. The van der Waals surface area contributed by atoms with E-state index in [0.717, 1.165) is 21.9 Å². The Balaban J connectivity index is 1.64. The standard InChI is InChI=1S/C20H15ClN2O2/c1-12(13-5-3-2-4-6-13)22-19(24)18-10-15-9-14-7-8-16(21)11-17(14)23-20(15)25-18/h2-12H,1H3,(H,22,24). The zero-order chi connectivity index (χ0) is 17.4. The van der Waals surface area contributed by atoms with Crippen molar-refractivity contribution in [2.45, 2.75) is 13.0 Å². The second-order valence-electron chi connectivity index (χ2n) is 5.94. The first-order valence-corrected chi connectivity index (χ1v) is 8.33. The molecule has 4 nitrogen and oxygen atoms in total. The van der Waals surface area contributed by atoms with Gasteiger partial charge in [-0.25, -0.2) is 4.98 Å². The fourth-order valence-electron chi connectivity index (χ4n) is 2.80. The summed E-state index contributed by atoms with van der Waals surface area (Å²) in [4.78, 5) is 16.9. The topological polar surface area (TPSA) is 55.1 Å². The number of amides is 1. The Hall–Kier alpha value is -2.85. The van der Waals surface area contributed by atoms with Gasteiger partial charge in [-0.1, -0.05) is 48.0 Å². The van der Waals surface area contributed by atoms with E-state index in [1.165, 1.54) is 0 Å². The first-order valence-electron chi connectivity index (χ1n) is 7.96. The molecule has 0 bridgehead atoms. The third-order valence-electron chi connectivity index (χ3n) is 4.14. The number of aromatic nitrogens is 1. The molecule has 0 saturated heterocycles. The Morgan fingerprint density at radius 1 is 1.08 bits per heavy atom. The maximum absolute atomic E-state index is 12.5. The molecule has 4 rings (SSSR count). The highest BCUT2D eigenvalue weighted by atomic mass is 35.5. The van der Waals surface area contributed by atoms with Crippen molar-refractivity contribution in [1.82, 2.24) is 10.3 Å². The summed E-state index contributed by atoms with van der Waals surface area (Å²) in [6.45, 7) is 1.93. The zero-order valence-corrected chi connectivity index (χ0v) is 14.2. The van der Waals surface area contributed by atoms with E-state index < -0.39 is 0 Å². The maximum Gasteiger partial charge on any atom is 0.287 e. The number of fused-ring (bicyclic) bond motifs is 2. The molecule has 1 unspecified atom stereocenters. The van der Waals surface area contributed by atoms with Gasteiger partial charge >= 0.3 is 0 Å². The second kappa shape index (κ2) is 6.22. The molecule has 0 saturated carbocycles. The van der Waals surface area contributed by atoms with E-state index in [4.69, 9.17) is 16.0 Å². The summed E-state index contributed by atoms with van der Waals surface area (Å²) in [7, 11) is 0. The number of nitrogens with one attached hydrogen (secondary N) is 1. The molecule has 1 amide bonds. The molecule has 5 heteroatoms. The molecule has 1 N–H and O–H groups in total. The number of furan rings is 1. The number of carbonyl (C=O) groups is 1. The predicted molar refractivity (Wildman–Crippen MR) is 98.8 cm³/mol. The Morgan fingerprint density at radius 2 is 1.88 bits per heavy atom. The van der Waals surface area contributed by atoms with Crippen LogP contribution in [0.4, 0.5) is 0 Å². The molecule has 4 aromatic rings. The van der Waals surface area contributed by atoms with Gasteiger partial charge in [-0.15, -0.1) is 0 Å². The zero-order valence-electron chi connectivity index (χ0n) is 13.5. The van der Waals surface area contributed by atoms with Crippen molar-refractivity contribution in [3.63, 3.8) is 0 Å². The Kier molecular flexibility index (Phi) is 3.90. The molecule has 0 aliphatic heterocycles. The lowest BCUT2D eigenvalue weighted by molar-refractivity contribution is 0.0913. The van der Waals surface area contributed by atoms with Crippen LogP contribution in [-0.4, -0.2) is 10.9 Å². The smallest absolute Gasteiger partial charge is 0.287 e. The molecule has 0 radical (unpaired) electrons. The Bertz CT molecular complexity index is 1070. The Labute approximate surface area is 149 Å². The molecule has 0 fully saturated rings. The van der Waals surface area contributed by atoms with Gasteiger partial charge in [0.05, 0.1) is 11.6 Å². The van der Waals surface area contributed by atoms with E-state index in [2.05, 4.69) is 10.3 Å². The highest BCUT2D eigenvalue weighted by Crippen LogP contribution is 2.25. The number of rotatable bonds is 3. The van der Waals surface area contributed by atoms with Crippen LogP contribution in [0.3, 0.4) is 0 Å². The van der Waals surface area contributed by atoms with Gasteiger partial charge in [0.25, 0.3) is 5.91 Å². The molecule has 2 aromatic heterocycles. The molecule has 2 heterocycles. The van der Waals surface area contributed by atoms with Gasteiger partial charge in [-0.2, -0.15) is 0 Å². The molecular weight excluding hydrogens is 336 g/mol. The van der Waals surface area contributed by atoms with Crippen molar-refractivity contribution in [2.75, 3.05) is 0 Å². The third-order valence-corrected chi connectivity index (χ3v) is 4.37. The molecule has 0 spiro atoms. The minimum absolute atomic E-state index is 0.118. The quantitative estimate of drug-likeness (QED) is 0.557. The van der Waals surface area contributed by atoms with E-state index in [1.807, 2.05) is 55.5 Å². The summed E-state index contributed by atoms with van der Waals surface area (Å²) in [6.07, 6.45) is 0. The average Bonchev–Trinajstić information content (AvgIpc) is 3.03. The molecule has 1 atom stereocenters. The number of nitrogens with zero attached hydrogens (tertiary/aromatic N) is 1. The second-order valence-corrected chi connectivity index (χ2v) is 6.37. The van der Waals surface area contributed by atoms with Gasteiger partial charge in [0.2, 0.25) is 5.71 Å². The summed E-state index contributed by atoms with van der Waals surface area (Å²) in [5.41, 5.74) is 2.19. The monoisotopic (exact) mass is 350 g/mol. The molecule has 2 aromatic carbocycles. The highest BCUT2D eigenvalue weighted by molar-refractivity contribution is 6.31. The minimum Gasteiger partial charge on any atom is -0.433 e. The van der Waals surface area contributed by atoms with Crippen LogP contribution in [0.5, 0.6) is 0 Å². The SMILES string of the molecule is CC(NC(=O)c1cc2cc3ccc(Cl)cc3nc2o1)c1ccccc1. The van der Waals surface area contributed by atoms with Crippen LogP contribution >= 0.6 is 11.6 Å². The number of hydrogen-bond acceptors (Lipinski definition) is 3. The van der Waals surface area contributed by atoms with Crippen LogP contribution in [0.15, 0.2) is 65.1 Å². The van der Waals surface area contributed by atoms with E-state index in [0.29, 0.717) is 10.7 Å². The van der Waals surface area contributed by atoms with Gasteiger partial charge in [0, 0.05) is 15.8 Å². The third kappa shape index (κ3) is 3.08. The number of pyridine rings is 1. The molecule has 0 aliphatic rings. The van der Waals surface area contributed by atoms with Crippen LogP contribution in [-0.2, 0) is 0 Å². The molecular formula is C20H15ClN2O2. The van der Waals surface area contributed by atoms with Crippen molar-refractivity contribution in [2.24, 2.45) is 0 Å². The lowest BCUT2D eigenvalue weighted by atomic mass is 10.1. The largest absolute Gasteiger partial charge is 0.433 e.